The normalized spacial score (nSPS) is 12.5. The van der Waals surface area contributed by atoms with Gasteiger partial charge in [0.1, 0.15) is 19.3 Å². The average Bonchev–Trinajstić information content (AvgIpc) is 3.30. The number of hydrogen-bond acceptors (Lipinski definition) is 3. The molecule has 4 heteroatoms. The zero-order chi connectivity index (χ0) is 47.3. The molecule has 0 fully saturated rings. The molecule has 0 amide bonds. The van der Waals surface area contributed by atoms with Gasteiger partial charge in [0.2, 0.25) is 0 Å². The lowest BCUT2D eigenvalue weighted by atomic mass is 10.0. The van der Waals surface area contributed by atoms with Gasteiger partial charge >= 0.3 is 5.97 Å². The predicted octanol–water partition coefficient (Wildman–Crippen LogP) is 20.1. The quantitative estimate of drug-likeness (QED) is 0.0286. The summed E-state index contributed by atoms with van der Waals surface area (Å²) in [5.74, 6) is -0.335. The highest BCUT2D eigenvalue weighted by atomic mass is 16.5. The van der Waals surface area contributed by atoms with Gasteiger partial charge in [-0.1, -0.05) is 297 Å². The van der Waals surface area contributed by atoms with Crippen LogP contribution in [-0.2, 0) is 9.53 Å². The Morgan fingerprint density at radius 1 is 0.369 bits per heavy atom. The Bertz CT molecular complexity index is 846. The number of allylic oxidation sites excluding steroid dienone is 1. The molecule has 0 aliphatic rings. The number of unbranched alkanes of at least 4 members (excludes halogenated alkanes) is 45. The van der Waals surface area contributed by atoms with Gasteiger partial charge < -0.3 is 14.3 Å². The summed E-state index contributed by atoms with van der Waals surface area (Å²) in [6, 6.07) is 0. The van der Waals surface area contributed by atoms with Crippen LogP contribution in [0.1, 0.15) is 336 Å². The van der Waals surface area contributed by atoms with Gasteiger partial charge in [-0.3, -0.25) is 0 Å². The number of carbonyl (C=O) groups excluding carboxylic acids is 1. The Hall–Kier alpha value is -0.870. The van der Waals surface area contributed by atoms with E-state index in [2.05, 4.69) is 20.8 Å². The van der Waals surface area contributed by atoms with E-state index in [0.717, 1.165) is 30.7 Å². The number of ether oxygens (including phenoxy) is 1. The minimum Gasteiger partial charge on any atom is -0.460 e. The van der Waals surface area contributed by atoms with Gasteiger partial charge in [-0.25, -0.2) is 4.79 Å². The second kappa shape index (κ2) is 54.1. The van der Waals surface area contributed by atoms with E-state index in [-0.39, 0.29) is 12.6 Å². The van der Waals surface area contributed by atoms with Crippen molar-refractivity contribution in [3.8, 4) is 0 Å². The summed E-state index contributed by atoms with van der Waals surface area (Å²) in [4.78, 5) is 12.2. The maximum absolute atomic E-state index is 12.2. The van der Waals surface area contributed by atoms with Gasteiger partial charge in [-0.2, -0.15) is 0 Å². The first-order chi connectivity index (χ1) is 32.0. The summed E-state index contributed by atoms with van der Waals surface area (Å²) >= 11 is 0. The van der Waals surface area contributed by atoms with E-state index >= 15 is 0 Å². The molecule has 0 aromatic rings. The molecule has 0 aliphatic heterocycles. The fourth-order valence-electron chi connectivity index (χ4n) is 10.5. The van der Waals surface area contributed by atoms with Crippen molar-refractivity contribution in [3.63, 3.8) is 0 Å². The van der Waals surface area contributed by atoms with Gasteiger partial charge in [-0.15, -0.1) is 0 Å². The van der Waals surface area contributed by atoms with Crippen LogP contribution in [0, 0.1) is 0 Å². The second-order valence-electron chi connectivity index (χ2n) is 21.4. The Labute approximate surface area is 410 Å². The smallest absolute Gasteiger partial charge is 0.330 e. The van der Waals surface area contributed by atoms with Crippen molar-refractivity contribution < 1.29 is 19.1 Å². The van der Waals surface area contributed by atoms with Gasteiger partial charge in [0.15, 0.2) is 0 Å². The van der Waals surface area contributed by atoms with E-state index in [4.69, 9.17) is 4.74 Å². The fraction of sp³-hybridized carbons (Fsp3) is 0.951. The molecular formula is C61H122NO3+. The molecule has 0 aliphatic carbocycles. The molecule has 0 rings (SSSR count). The van der Waals surface area contributed by atoms with E-state index < -0.39 is 6.10 Å². The van der Waals surface area contributed by atoms with Crippen molar-refractivity contribution in [1.82, 2.24) is 0 Å². The van der Waals surface area contributed by atoms with Gasteiger partial charge in [0.25, 0.3) is 0 Å². The van der Waals surface area contributed by atoms with Crippen LogP contribution in [-0.4, -0.2) is 54.4 Å². The van der Waals surface area contributed by atoms with Crippen molar-refractivity contribution in [2.75, 3.05) is 32.8 Å². The molecule has 1 N–H and O–H groups in total. The number of carbonyl (C=O) groups is 1. The van der Waals surface area contributed by atoms with E-state index in [1.54, 1.807) is 6.08 Å². The number of quaternary nitrogens is 1. The lowest BCUT2D eigenvalue weighted by molar-refractivity contribution is -0.931. The maximum atomic E-state index is 12.2. The summed E-state index contributed by atoms with van der Waals surface area (Å²) < 4.78 is 6.52. The molecule has 4 nitrogen and oxygen atoms in total. The first-order valence-corrected chi connectivity index (χ1v) is 30.4. The van der Waals surface area contributed by atoms with Crippen molar-refractivity contribution in [2.45, 2.75) is 342 Å². The molecule has 0 aromatic heterocycles. The number of esters is 1. The van der Waals surface area contributed by atoms with Crippen LogP contribution in [0.3, 0.4) is 0 Å². The SMILES string of the molecule is CC=CC(=O)OCC(O)C[N+](CCCCCCCCCCCCCCCCCC)(CCCCCCCCCCCCCCCCCC)CCCCCCCCCCCCCCCCCC. The highest BCUT2D eigenvalue weighted by Crippen LogP contribution is 2.22. The fourth-order valence-corrected chi connectivity index (χ4v) is 10.5. The highest BCUT2D eigenvalue weighted by molar-refractivity contribution is 5.81. The van der Waals surface area contributed by atoms with Crippen LogP contribution in [0.2, 0.25) is 0 Å². The summed E-state index contributed by atoms with van der Waals surface area (Å²) in [7, 11) is 0. The molecule has 0 saturated heterocycles. The molecule has 0 bridgehead atoms. The van der Waals surface area contributed by atoms with Gasteiger partial charge in [0, 0.05) is 6.08 Å². The summed E-state index contributed by atoms with van der Waals surface area (Å²) in [5.41, 5.74) is 0. The van der Waals surface area contributed by atoms with E-state index in [1.807, 2.05) is 6.92 Å². The number of hydrogen-bond donors (Lipinski definition) is 1. The molecular weight excluding hydrogens is 795 g/mol. The Balaban J connectivity index is 4.91. The van der Waals surface area contributed by atoms with Crippen molar-refractivity contribution >= 4 is 5.97 Å². The summed E-state index contributed by atoms with van der Waals surface area (Å²) in [5, 5.41) is 11.4. The zero-order valence-electron chi connectivity index (χ0n) is 45.4. The van der Waals surface area contributed by atoms with E-state index in [1.165, 1.54) is 314 Å². The van der Waals surface area contributed by atoms with Crippen molar-refractivity contribution in [1.29, 1.82) is 0 Å². The second-order valence-corrected chi connectivity index (χ2v) is 21.4. The Morgan fingerprint density at radius 2 is 0.569 bits per heavy atom. The third-order valence-electron chi connectivity index (χ3n) is 14.8. The minimum atomic E-state index is -0.604. The van der Waals surface area contributed by atoms with Crippen molar-refractivity contribution in [2.24, 2.45) is 0 Å². The minimum absolute atomic E-state index is 0.111. The number of aliphatic hydroxyl groups excluding tert-OH is 1. The molecule has 0 spiro atoms. The third-order valence-corrected chi connectivity index (χ3v) is 14.8. The maximum Gasteiger partial charge on any atom is 0.330 e. The summed E-state index contributed by atoms with van der Waals surface area (Å²) in [6.07, 6.45) is 69.6. The Kier molecular flexibility index (Phi) is 53.4. The van der Waals surface area contributed by atoms with Crippen LogP contribution in [0.15, 0.2) is 12.2 Å². The van der Waals surface area contributed by atoms with Crippen LogP contribution in [0.5, 0.6) is 0 Å². The number of rotatable bonds is 56. The molecule has 0 heterocycles. The van der Waals surface area contributed by atoms with Gasteiger partial charge in [-0.05, 0) is 45.4 Å². The largest absolute Gasteiger partial charge is 0.460 e. The summed E-state index contributed by atoms with van der Waals surface area (Å²) in [6.45, 7) is 13.1. The third kappa shape index (κ3) is 49.4. The molecule has 1 atom stereocenters. The van der Waals surface area contributed by atoms with Crippen LogP contribution in [0.25, 0.3) is 0 Å². The topological polar surface area (TPSA) is 46.5 Å². The molecule has 65 heavy (non-hydrogen) atoms. The standard InChI is InChI=1S/C61H122NO3/c1-5-9-12-15-18-21-24-27-30-33-36-39-42-45-48-51-55-62(58-60(63)59-65-61(64)54-8-4,56-52-49-46-43-40-37-34-31-28-25-22-19-16-13-10-6-2)57-53-50-47-44-41-38-35-32-29-26-23-20-17-14-11-7-3/h8,54,60,63H,5-7,9-53,55-59H2,1-4H3/q+1. The molecule has 0 saturated carbocycles. The highest BCUT2D eigenvalue weighted by Gasteiger charge is 2.30. The van der Waals surface area contributed by atoms with Crippen LogP contribution >= 0.6 is 0 Å². The number of nitrogens with zero attached hydrogens (tertiary/aromatic N) is 1. The lowest BCUT2D eigenvalue weighted by Gasteiger charge is -2.40. The predicted molar refractivity (Wildman–Crippen MR) is 290 cm³/mol. The van der Waals surface area contributed by atoms with Crippen LogP contribution in [0.4, 0.5) is 0 Å². The average molecular weight is 918 g/mol. The van der Waals surface area contributed by atoms with Gasteiger partial charge in [0.05, 0.1) is 19.6 Å². The zero-order valence-corrected chi connectivity index (χ0v) is 45.4. The van der Waals surface area contributed by atoms with Crippen molar-refractivity contribution in [3.05, 3.63) is 12.2 Å². The lowest BCUT2D eigenvalue weighted by Crippen LogP contribution is -2.54. The van der Waals surface area contributed by atoms with Crippen LogP contribution < -0.4 is 0 Å². The molecule has 0 aromatic carbocycles. The molecule has 0 radical (unpaired) electrons. The molecule has 1 unspecified atom stereocenters. The monoisotopic (exact) mass is 917 g/mol. The molecule has 388 valence electrons. The number of aliphatic hydroxyl groups is 1. The van der Waals surface area contributed by atoms with E-state index in [9.17, 15) is 9.90 Å². The Morgan fingerprint density at radius 3 is 0.769 bits per heavy atom. The first kappa shape index (κ1) is 64.1. The van der Waals surface area contributed by atoms with E-state index in [0.29, 0.717) is 0 Å². The first-order valence-electron chi connectivity index (χ1n) is 30.4.